The minimum atomic E-state index is -0.567. The summed E-state index contributed by atoms with van der Waals surface area (Å²) in [6.07, 6.45) is 10.4. The van der Waals surface area contributed by atoms with Crippen LogP contribution in [0.4, 0.5) is 0 Å². The van der Waals surface area contributed by atoms with Crippen LogP contribution in [0, 0.1) is 22.7 Å². The molecular weight excluding hydrogens is 336 g/mol. The smallest absolute Gasteiger partial charge is 0.309 e. The SMILES string of the molecule is CC(C)[C@]12C=C3CC[C@H]4[C@](C)(C(=O)O)CCC[C@]4(C)[C@]3(CC1)SS2. The van der Waals surface area contributed by atoms with Crippen molar-refractivity contribution in [3.8, 4) is 0 Å². The summed E-state index contributed by atoms with van der Waals surface area (Å²) >= 11 is 0. The fourth-order valence-electron chi connectivity index (χ4n) is 6.45. The summed E-state index contributed by atoms with van der Waals surface area (Å²) < 4.78 is 0.504. The summed E-state index contributed by atoms with van der Waals surface area (Å²) in [7, 11) is 4.22. The van der Waals surface area contributed by atoms with Crippen molar-refractivity contribution in [2.75, 3.05) is 0 Å². The first kappa shape index (κ1) is 17.3. The van der Waals surface area contributed by atoms with E-state index in [0.29, 0.717) is 16.6 Å². The van der Waals surface area contributed by atoms with E-state index in [9.17, 15) is 9.90 Å². The lowest BCUT2D eigenvalue weighted by atomic mass is 9.45. The first-order valence-corrected chi connectivity index (χ1v) is 11.7. The van der Waals surface area contributed by atoms with E-state index in [-0.39, 0.29) is 10.2 Å². The Balaban J connectivity index is 1.81. The average Bonchev–Trinajstić information content (AvgIpc) is 2.55. The maximum absolute atomic E-state index is 12.1. The van der Waals surface area contributed by atoms with Gasteiger partial charge in [-0.3, -0.25) is 4.79 Å². The second-order valence-corrected chi connectivity index (χ2v) is 12.1. The maximum atomic E-state index is 12.1. The van der Waals surface area contributed by atoms with Crippen LogP contribution < -0.4 is 0 Å². The highest BCUT2D eigenvalue weighted by Crippen LogP contribution is 2.76. The van der Waals surface area contributed by atoms with Crippen LogP contribution in [0.25, 0.3) is 0 Å². The molecule has 24 heavy (non-hydrogen) atoms. The predicted molar refractivity (Wildman–Crippen MR) is 103 cm³/mol. The zero-order valence-electron chi connectivity index (χ0n) is 15.4. The highest BCUT2D eigenvalue weighted by Gasteiger charge is 2.67. The van der Waals surface area contributed by atoms with E-state index < -0.39 is 11.4 Å². The van der Waals surface area contributed by atoms with Gasteiger partial charge >= 0.3 is 5.97 Å². The zero-order chi connectivity index (χ0) is 17.4. The molecule has 5 aliphatic rings. The highest BCUT2D eigenvalue weighted by molar-refractivity contribution is 8.78. The van der Waals surface area contributed by atoms with Crippen LogP contribution in [0.3, 0.4) is 0 Å². The van der Waals surface area contributed by atoms with Gasteiger partial charge in [0.15, 0.2) is 0 Å². The van der Waals surface area contributed by atoms with Crippen LogP contribution in [-0.2, 0) is 4.79 Å². The third-order valence-corrected chi connectivity index (χ3v) is 12.6. The van der Waals surface area contributed by atoms with Gasteiger partial charge in [0.2, 0.25) is 0 Å². The number of carboxylic acids is 1. The average molecular weight is 367 g/mol. The molecule has 5 atom stereocenters. The number of carboxylic acid groups (broad SMARTS) is 1. The lowest BCUT2D eigenvalue weighted by Gasteiger charge is -2.67. The van der Waals surface area contributed by atoms with Crippen molar-refractivity contribution in [1.29, 1.82) is 0 Å². The van der Waals surface area contributed by atoms with Crippen molar-refractivity contribution >= 4 is 27.6 Å². The van der Waals surface area contributed by atoms with E-state index >= 15 is 0 Å². The Kier molecular flexibility index (Phi) is 3.77. The Morgan fingerprint density at radius 1 is 1.21 bits per heavy atom. The van der Waals surface area contributed by atoms with E-state index in [1.54, 1.807) is 5.57 Å². The molecule has 5 rings (SSSR count). The Morgan fingerprint density at radius 3 is 2.54 bits per heavy atom. The first-order chi connectivity index (χ1) is 11.2. The summed E-state index contributed by atoms with van der Waals surface area (Å²) in [6.45, 7) is 9.19. The van der Waals surface area contributed by atoms with Gasteiger partial charge in [0.1, 0.15) is 0 Å². The Labute approximate surface area is 154 Å². The Hall–Kier alpha value is -0.0900. The van der Waals surface area contributed by atoms with Crippen LogP contribution in [0.1, 0.15) is 72.6 Å². The molecular formula is C20H30O2S2. The monoisotopic (exact) mass is 366 g/mol. The molecule has 1 saturated heterocycles. The fraction of sp³-hybridized carbons (Fsp3) is 0.850. The molecule has 0 aromatic heterocycles. The quantitative estimate of drug-likeness (QED) is 0.486. The fourth-order valence-corrected chi connectivity index (χ4v) is 11.2. The number of fused-ring (bicyclic) bond motifs is 3. The van der Waals surface area contributed by atoms with E-state index in [1.165, 1.54) is 19.3 Å². The molecule has 2 nitrogen and oxygen atoms in total. The van der Waals surface area contributed by atoms with Crippen LogP contribution >= 0.6 is 21.6 Å². The van der Waals surface area contributed by atoms with Crippen molar-refractivity contribution in [3.63, 3.8) is 0 Å². The summed E-state index contributed by atoms with van der Waals surface area (Å²) in [5.41, 5.74) is 1.26. The van der Waals surface area contributed by atoms with Gasteiger partial charge in [0.05, 0.1) is 10.2 Å². The molecule has 0 aromatic rings. The summed E-state index contributed by atoms with van der Waals surface area (Å²) in [5.74, 6) is 0.413. The van der Waals surface area contributed by atoms with E-state index in [0.717, 1.165) is 25.7 Å². The van der Waals surface area contributed by atoms with Crippen LogP contribution in [0.5, 0.6) is 0 Å². The number of hydrogen-bond acceptors (Lipinski definition) is 3. The van der Waals surface area contributed by atoms with Gasteiger partial charge in [-0.15, -0.1) is 0 Å². The van der Waals surface area contributed by atoms with Crippen LogP contribution in [0.2, 0.25) is 0 Å². The summed E-state index contributed by atoms with van der Waals surface area (Å²) in [4.78, 5) is 12.1. The van der Waals surface area contributed by atoms with E-state index in [4.69, 9.17) is 0 Å². The van der Waals surface area contributed by atoms with Gasteiger partial charge in [-0.2, -0.15) is 0 Å². The largest absolute Gasteiger partial charge is 0.481 e. The molecule has 134 valence electrons. The third kappa shape index (κ3) is 1.91. The molecule has 0 amide bonds. The number of aliphatic carboxylic acids is 1. The third-order valence-electron chi connectivity index (χ3n) is 8.17. The normalized spacial score (nSPS) is 50.2. The molecule has 0 unspecified atom stereocenters. The van der Waals surface area contributed by atoms with Crippen molar-refractivity contribution in [3.05, 3.63) is 11.6 Å². The molecule has 3 fully saturated rings. The molecule has 2 aliphatic heterocycles. The standard InChI is InChI=1S/C20H30O2S2/c1-13(2)19-10-11-20(24-23-19)14(12-19)6-7-15-17(3,16(21)22)8-5-9-18(15,20)4/h12-13,15H,5-11H2,1-4H3,(H,21,22)/t15-,17+,18-,19+,20+/m0/s1. The number of rotatable bonds is 2. The molecule has 2 heterocycles. The van der Waals surface area contributed by atoms with Crippen molar-refractivity contribution < 1.29 is 9.90 Å². The van der Waals surface area contributed by atoms with Gasteiger partial charge < -0.3 is 5.11 Å². The highest BCUT2D eigenvalue weighted by atomic mass is 33.1. The van der Waals surface area contributed by atoms with Crippen molar-refractivity contribution in [2.24, 2.45) is 22.7 Å². The number of carbonyl (C=O) groups is 1. The first-order valence-electron chi connectivity index (χ1n) is 9.53. The minimum absolute atomic E-state index is 0.129. The van der Waals surface area contributed by atoms with Gasteiger partial charge in [-0.05, 0) is 62.7 Å². The Morgan fingerprint density at radius 2 is 1.96 bits per heavy atom. The van der Waals surface area contributed by atoms with Gasteiger partial charge in [0.25, 0.3) is 0 Å². The minimum Gasteiger partial charge on any atom is -0.481 e. The molecule has 4 heteroatoms. The van der Waals surface area contributed by atoms with E-state index in [2.05, 4.69) is 48.4 Å². The zero-order valence-corrected chi connectivity index (χ0v) is 17.0. The van der Waals surface area contributed by atoms with Crippen molar-refractivity contribution in [1.82, 2.24) is 0 Å². The van der Waals surface area contributed by atoms with Crippen molar-refractivity contribution in [2.45, 2.75) is 82.1 Å². The second kappa shape index (κ2) is 5.22. The van der Waals surface area contributed by atoms with Gasteiger partial charge in [-0.1, -0.05) is 60.4 Å². The van der Waals surface area contributed by atoms with Crippen LogP contribution in [-0.4, -0.2) is 20.6 Å². The molecule has 0 radical (unpaired) electrons. The van der Waals surface area contributed by atoms with Gasteiger partial charge in [-0.25, -0.2) is 0 Å². The number of hydrogen-bond donors (Lipinski definition) is 1. The lowest BCUT2D eigenvalue weighted by molar-refractivity contribution is -0.163. The molecule has 1 spiro atoms. The molecule has 3 aliphatic carbocycles. The molecule has 2 bridgehead atoms. The maximum Gasteiger partial charge on any atom is 0.309 e. The predicted octanol–water partition coefficient (Wildman–Crippen LogP) is 5.93. The molecule has 2 saturated carbocycles. The Bertz CT molecular complexity index is 603. The summed E-state index contributed by atoms with van der Waals surface area (Å²) in [6, 6.07) is 0. The van der Waals surface area contributed by atoms with Gasteiger partial charge in [0, 0.05) is 4.75 Å². The topological polar surface area (TPSA) is 37.3 Å². The molecule has 0 aromatic carbocycles. The van der Waals surface area contributed by atoms with E-state index in [1.807, 2.05) is 6.92 Å². The summed E-state index contributed by atoms with van der Waals surface area (Å²) in [5, 5.41) is 10.0. The second-order valence-electron chi connectivity index (χ2n) is 9.36. The molecule has 1 N–H and O–H groups in total. The van der Waals surface area contributed by atoms with Crippen LogP contribution in [0.15, 0.2) is 11.6 Å². The lowest BCUT2D eigenvalue weighted by Crippen LogP contribution is -2.63.